The highest BCUT2D eigenvalue weighted by Crippen LogP contribution is 2.33. The number of hydrogen-bond acceptors (Lipinski definition) is 1. The fraction of sp³-hybridized carbons (Fsp3) is 0.211. The van der Waals surface area contributed by atoms with E-state index in [9.17, 15) is 18.0 Å². The largest absolute Gasteiger partial charge is 0.361 e. The third kappa shape index (κ3) is 2.58. The van der Waals surface area contributed by atoms with Gasteiger partial charge < -0.3 is 9.88 Å². The fourth-order valence-electron chi connectivity index (χ4n) is 3.49. The number of amides is 1. The summed E-state index contributed by atoms with van der Waals surface area (Å²) < 4.78 is 40.3. The van der Waals surface area contributed by atoms with Gasteiger partial charge in [-0.25, -0.2) is 13.2 Å². The van der Waals surface area contributed by atoms with E-state index in [1.54, 1.807) is 0 Å². The van der Waals surface area contributed by atoms with Gasteiger partial charge in [0.05, 0.1) is 5.56 Å². The molecule has 128 valence electrons. The van der Waals surface area contributed by atoms with Gasteiger partial charge in [-0.3, -0.25) is 4.79 Å². The number of para-hydroxylation sites is 1. The van der Waals surface area contributed by atoms with Crippen molar-refractivity contribution in [2.75, 3.05) is 13.1 Å². The van der Waals surface area contributed by atoms with Crippen molar-refractivity contribution in [3.8, 4) is 0 Å². The van der Waals surface area contributed by atoms with Crippen LogP contribution in [0.1, 0.15) is 28.3 Å². The fourth-order valence-corrected chi connectivity index (χ4v) is 3.49. The molecular formula is C19H15F3N2O. The minimum absolute atomic E-state index is 0.119. The van der Waals surface area contributed by atoms with E-state index in [2.05, 4.69) is 4.98 Å². The van der Waals surface area contributed by atoms with Crippen molar-refractivity contribution in [2.45, 2.75) is 12.3 Å². The van der Waals surface area contributed by atoms with E-state index in [1.807, 2.05) is 30.5 Å². The van der Waals surface area contributed by atoms with Gasteiger partial charge in [-0.15, -0.1) is 0 Å². The average molecular weight is 344 g/mol. The first kappa shape index (κ1) is 15.7. The Bertz CT molecular complexity index is 966. The molecule has 1 N–H and O–H groups in total. The molecule has 6 heteroatoms. The standard InChI is InChI=1S/C19H15F3N2O/c20-15-6-5-13(17(21)18(15)22)19(25)24-8-7-11(10-24)14-9-23-16-4-2-1-3-12(14)16/h1-6,9,11,23H,7-8,10H2. The smallest absolute Gasteiger partial charge is 0.256 e. The summed E-state index contributed by atoms with van der Waals surface area (Å²) in [6.45, 7) is 0.862. The summed E-state index contributed by atoms with van der Waals surface area (Å²) in [4.78, 5) is 17.2. The quantitative estimate of drug-likeness (QED) is 0.695. The van der Waals surface area contributed by atoms with Crippen molar-refractivity contribution in [2.24, 2.45) is 0 Å². The van der Waals surface area contributed by atoms with Crippen molar-refractivity contribution in [3.05, 3.63) is 71.2 Å². The van der Waals surface area contributed by atoms with Crippen LogP contribution in [0.25, 0.3) is 10.9 Å². The first-order valence-corrected chi connectivity index (χ1v) is 8.05. The maximum atomic E-state index is 13.9. The zero-order chi connectivity index (χ0) is 17.6. The predicted molar refractivity (Wildman–Crippen MR) is 87.9 cm³/mol. The summed E-state index contributed by atoms with van der Waals surface area (Å²) in [7, 11) is 0. The van der Waals surface area contributed by atoms with E-state index in [-0.39, 0.29) is 5.92 Å². The Labute approximate surface area is 142 Å². The van der Waals surface area contributed by atoms with Gasteiger partial charge in [0.15, 0.2) is 17.5 Å². The van der Waals surface area contributed by atoms with Gasteiger partial charge in [0.2, 0.25) is 0 Å². The number of halogens is 3. The van der Waals surface area contributed by atoms with E-state index in [1.165, 1.54) is 4.90 Å². The average Bonchev–Trinajstić information content (AvgIpc) is 3.26. The molecule has 1 unspecified atom stereocenters. The Morgan fingerprint density at radius 1 is 1.08 bits per heavy atom. The number of rotatable bonds is 2. The molecule has 0 bridgehead atoms. The first-order valence-electron chi connectivity index (χ1n) is 8.05. The molecule has 1 amide bonds. The zero-order valence-electron chi connectivity index (χ0n) is 13.2. The van der Waals surface area contributed by atoms with Gasteiger partial charge in [0.25, 0.3) is 5.91 Å². The van der Waals surface area contributed by atoms with Crippen LogP contribution in [0.3, 0.4) is 0 Å². The maximum absolute atomic E-state index is 13.9. The third-order valence-electron chi connectivity index (χ3n) is 4.80. The van der Waals surface area contributed by atoms with Gasteiger partial charge in [0.1, 0.15) is 0 Å². The molecule has 0 aliphatic carbocycles. The summed E-state index contributed by atoms with van der Waals surface area (Å²) in [6.07, 6.45) is 2.67. The summed E-state index contributed by atoms with van der Waals surface area (Å²) in [5.41, 5.74) is 1.70. The summed E-state index contributed by atoms with van der Waals surface area (Å²) >= 11 is 0. The Balaban J connectivity index is 1.58. The monoisotopic (exact) mass is 344 g/mol. The number of nitrogens with one attached hydrogen (secondary N) is 1. The number of carbonyl (C=O) groups excluding carboxylic acids is 1. The molecule has 0 saturated carbocycles. The highest BCUT2D eigenvalue weighted by atomic mass is 19.2. The molecule has 0 radical (unpaired) electrons. The van der Waals surface area contributed by atoms with Crippen molar-refractivity contribution in [3.63, 3.8) is 0 Å². The molecule has 1 aliphatic rings. The Hall–Kier alpha value is -2.76. The summed E-state index contributed by atoms with van der Waals surface area (Å²) in [5.74, 6) is -4.84. The van der Waals surface area contributed by atoms with Crippen LogP contribution < -0.4 is 0 Å². The summed E-state index contributed by atoms with van der Waals surface area (Å²) in [5, 5.41) is 1.10. The van der Waals surface area contributed by atoms with E-state index >= 15 is 0 Å². The lowest BCUT2D eigenvalue weighted by atomic mass is 9.98. The molecule has 25 heavy (non-hydrogen) atoms. The molecule has 1 atom stereocenters. The molecule has 2 heterocycles. The Morgan fingerprint density at radius 2 is 1.88 bits per heavy atom. The first-order chi connectivity index (χ1) is 12.1. The number of fused-ring (bicyclic) bond motifs is 1. The van der Waals surface area contributed by atoms with E-state index < -0.39 is 28.9 Å². The van der Waals surface area contributed by atoms with E-state index in [0.717, 1.165) is 35.0 Å². The Kier molecular flexibility index (Phi) is 3.75. The second-order valence-electron chi connectivity index (χ2n) is 6.25. The van der Waals surface area contributed by atoms with Crippen molar-refractivity contribution in [1.82, 2.24) is 9.88 Å². The van der Waals surface area contributed by atoms with Crippen molar-refractivity contribution in [1.29, 1.82) is 0 Å². The number of H-pyrrole nitrogens is 1. The van der Waals surface area contributed by atoms with Crippen molar-refractivity contribution < 1.29 is 18.0 Å². The third-order valence-corrected chi connectivity index (χ3v) is 4.80. The minimum atomic E-state index is -1.61. The second-order valence-corrected chi connectivity index (χ2v) is 6.25. The molecule has 1 aliphatic heterocycles. The highest BCUT2D eigenvalue weighted by molar-refractivity contribution is 5.95. The molecule has 2 aromatic carbocycles. The van der Waals surface area contributed by atoms with Gasteiger partial charge in [-0.05, 0) is 30.2 Å². The van der Waals surface area contributed by atoms with Gasteiger partial charge in [-0.1, -0.05) is 18.2 Å². The lowest BCUT2D eigenvalue weighted by molar-refractivity contribution is 0.0784. The Morgan fingerprint density at radius 3 is 2.72 bits per heavy atom. The van der Waals surface area contributed by atoms with Crippen LogP contribution in [0.15, 0.2) is 42.6 Å². The lowest BCUT2D eigenvalue weighted by Crippen LogP contribution is -2.29. The van der Waals surface area contributed by atoms with Gasteiger partial charge in [-0.2, -0.15) is 0 Å². The highest BCUT2D eigenvalue weighted by Gasteiger charge is 2.31. The minimum Gasteiger partial charge on any atom is -0.361 e. The lowest BCUT2D eigenvalue weighted by Gasteiger charge is -2.17. The van der Waals surface area contributed by atoms with Crippen LogP contribution in [0.5, 0.6) is 0 Å². The maximum Gasteiger partial charge on any atom is 0.256 e. The number of carbonyl (C=O) groups is 1. The normalized spacial score (nSPS) is 17.4. The number of aromatic nitrogens is 1. The van der Waals surface area contributed by atoms with Crippen LogP contribution in [0.4, 0.5) is 13.2 Å². The van der Waals surface area contributed by atoms with E-state index in [4.69, 9.17) is 0 Å². The van der Waals surface area contributed by atoms with Crippen LogP contribution >= 0.6 is 0 Å². The van der Waals surface area contributed by atoms with Gasteiger partial charge >= 0.3 is 0 Å². The van der Waals surface area contributed by atoms with Crippen LogP contribution in [-0.4, -0.2) is 28.9 Å². The van der Waals surface area contributed by atoms with Crippen LogP contribution in [0, 0.1) is 17.5 Å². The summed E-state index contributed by atoms with van der Waals surface area (Å²) in [6, 6.07) is 9.66. The second kappa shape index (κ2) is 5.95. The zero-order valence-corrected chi connectivity index (χ0v) is 13.2. The van der Waals surface area contributed by atoms with Gasteiger partial charge in [0, 0.05) is 36.1 Å². The number of likely N-dealkylation sites (tertiary alicyclic amines) is 1. The molecule has 1 fully saturated rings. The van der Waals surface area contributed by atoms with E-state index in [0.29, 0.717) is 13.1 Å². The molecule has 3 nitrogen and oxygen atoms in total. The number of benzene rings is 2. The molecule has 0 spiro atoms. The number of hydrogen-bond donors (Lipinski definition) is 1. The predicted octanol–water partition coefficient (Wildman–Crippen LogP) is 4.21. The van der Waals surface area contributed by atoms with Crippen molar-refractivity contribution >= 4 is 16.8 Å². The molecule has 1 saturated heterocycles. The SMILES string of the molecule is O=C(c1ccc(F)c(F)c1F)N1CCC(c2c[nH]c3ccccc23)C1. The van der Waals surface area contributed by atoms with Crippen LogP contribution in [0.2, 0.25) is 0 Å². The molecule has 4 rings (SSSR count). The molecule has 3 aromatic rings. The number of aromatic amines is 1. The number of nitrogens with zero attached hydrogens (tertiary/aromatic N) is 1. The topological polar surface area (TPSA) is 36.1 Å². The molecule has 1 aromatic heterocycles. The van der Waals surface area contributed by atoms with Crippen LogP contribution in [-0.2, 0) is 0 Å². The molecular weight excluding hydrogens is 329 g/mol.